The molecular weight excluding hydrogens is 294 g/mol. The van der Waals surface area contributed by atoms with Gasteiger partial charge >= 0.3 is 6.09 Å². The second kappa shape index (κ2) is 5.76. The molecule has 2 amide bonds. The first-order valence-corrected chi connectivity index (χ1v) is 7.98. The number of para-hydroxylation sites is 1. The molecule has 23 heavy (non-hydrogen) atoms. The third-order valence-corrected chi connectivity index (χ3v) is 4.02. The van der Waals surface area contributed by atoms with Crippen LogP contribution in [0, 0.1) is 0 Å². The van der Waals surface area contributed by atoms with Gasteiger partial charge in [-0.15, -0.1) is 0 Å². The van der Waals surface area contributed by atoms with Crippen LogP contribution in [0.25, 0.3) is 0 Å². The molecule has 6 heteroatoms. The van der Waals surface area contributed by atoms with Crippen LogP contribution in [0.5, 0.6) is 0 Å². The Morgan fingerprint density at radius 2 is 1.87 bits per heavy atom. The van der Waals surface area contributed by atoms with Crippen LogP contribution >= 0.6 is 0 Å². The molecule has 2 aliphatic rings. The van der Waals surface area contributed by atoms with Gasteiger partial charge in [-0.25, -0.2) is 4.79 Å². The number of rotatable bonds is 1. The second-order valence-electron chi connectivity index (χ2n) is 6.99. The van der Waals surface area contributed by atoms with Crippen LogP contribution in [0.2, 0.25) is 0 Å². The molecule has 1 fully saturated rings. The van der Waals surface area contributed by atoms with Gasteiger partial charge in [0.25, 0.3) is 0 Å². The zero-order valence-electron chi connectivity index (χ0n) is 13.9. The van der Waals surface area contributed by atoms with E-state index < -0.39 is 5.60 Å². The van der Waals surface area contributed by atoms with E-state index in [0.29, 0.717) is 19.5 Å². The summed E-state index contributed by atoms with van der Waals surface area (Å²) < 4.78 is 5.42. The summed E-state index contributed by atoms with van der Waals surface area (Å²) in [4.78, 5) is 27.7. The number of hydrogen-bond donors (Lipinski definition) is 1. The highest BCUT2D eigenvalue weighted by Crippen LogP contribution is 2.34. The molecule has 0 aliphatic carbocycles. The minimum atomic E-state index is -0.473. The lowest BCUT2D eigenvalue weighted by molar-refractivity contribution is -0.115. The topological polar surface area (TPSA) is 61.9 Å². The summed E-state index contributed by atoms with van der Waals surface area (Å²) in [6.45, 7) is 8.31. The summed E-state index contributed by atoms with van der Waals surface area (Å²) in [5, 5.41) is 2.94. The molecule has 1 aromatic carbocycles. The highest BCUT2D eigenvalue weighted by Gasteiger charge is 2.28. The van der Waals surface area contributed by atoms with Gasteiger partial charge in [-0.05, 0) is 32.4 Å². The van der Waals surface area contributed by atoms with E-state index in [1.54, 1.807) is 4.90 Å². The largest absolute Gasteiger partial charge is 0.444 e. The van der Waals surface area contributed by atoms with Gasteiger partial charge in [0.15, 0.2) is 0 Å². The van der Waals surface area contributed by atoms with Gasteiger partial charge in [0.2, 0.25) is 5.91 Å². The maximum atomic E-state index is 12.1. The number of amides is 2. The minimum Gasteiger partial charge on any atom is -0.444 e. The molecular formula is C17H23N3O3. The predicted molar refractivity (Wildman–Crippen MR) is 88.8 cm³/mol. The van der Waals surface area contributed by atoms with Crippen molar-refractivity contribution in [3.63, 3.8) is 0 Å². The molecule has 0 atom stereocenters. The highest BCUT2D eigenvalue weighted by molar-refractivity contribution is 6.03. The van der Waals surface area contributed by atoms with E-state index >= 15 is 0 Å². The zero-order chi connectivity index (χ0) is 16.6. The summed E-state index contributed by atoms with van der Waals surface area (Å²) >= 11 is 0. The molecule has 2 heterocycles. The van der Waals surface area contributed by atoms with Gasteiger partial charge < -0.3 is 19.9 Å². The summed E-state index contributed by atoms with van der Waals surface area (Å²) in [6, 6.07) is 5.98. The maximum absolute atomic E-state index is 12.1. The van der Waals surface area contributed by atoms with Crippen molar-refractivity contribution >= 4 is 23.4 Å². The SMILES string of the molecule is CC(C)(C)OC(=O)N1CCN(c2cccc3c2NC(=O)C3)CC1. The van der Waals surface area contributed by atoms with Crippen molar-refractivity contribution < 1.29 is 14.3 Å². The molecule has 0 saturated carbocycles. The van der Waals surface area contributed by atoms with Crippen LogP contribution in [0.1, 0.15) is 26.3 Å². The Balaban J connectivity index is 1.65. The van der Waals surface area contributed by atoms with Crippen LogP contribution in [0.15, 0.2) is 18.2 Å². The molecule has 0 radical (unpaired) electrons. The minimum absolute atomic E-state index is 0.0415. The Morgan fingerprint density at radius 1 is 1.17 bits per heavy atom. The Kier molecular flexibility index (Phi) is 3.92. The Hall–Kier alpha value is -2.24. The summed E-state index contributed by atoms with van der Waals surface area (Å²) in [5.74, 6) is 0.0415. The lowest BCUT2D eigenvalue weighted by Crippen LogP contribution is -2.50. The third kappa shape index (κ3) is 3.41. The number of benzene rings is 1. The Labute approximate surface area is 136 Å². The first-order valence-electron chi connectivity index (χ1n) is 7.98. The number of hydrogen-bond acceptors (Lipinski definition) is 4. The smallest absolute Gasteiger partial charge is 0.410 e. The third-order valence-electron chi connectivity index (χ3n) is 4.02. The number of piperazine rings is 1. The van der Waals surface area contributed by atoms with Crippen molar-refractivity contribution in [3.05, 3.63) is 23.8 Å². The van der Waals surface area contributed by atoms with Crippen molar-refractivity contribution in [2.45, 2.75) is 32.8 Å². The van der Waals surface area contributed by atoms with E-state index in [1.165, 1.54) is 0 Å². The van der Waals surface area contributed by atoms with E-state index in [1.807, 2.05) is 39.0 Å². The number of fused-ring (bicyclic) bond motifs is 1. The molecule has 0 unspecified atom stereocenters. The summed E-state index contributed by atoms with van der Waals surface area (Å²) in [5.41, 5.74) is 2.53. The van der Waals surface area contributed by atoms with E-state index in [9.17, 15) is 9.59 Å². The summed E-state index contributed by atoms with van der Waals surface area (Å²) in [6.07, 6.45) is 0.185. The fourth-order valence-corrected chi connectivity index (χ4v) is 2.95. The monoisotopic (exact) mass is 317 g/mol. The van der Waals surface area contributed by atoms with Crippen molar-refractivity contribution in [1.29, 1.82) is 0 Å². The van der Waals surface area contributed by atoms with Gasteiger partial charge in [-0.1, -0.05) is 12.1 Å². The van der Waals surface area contributed by atoms with Gasteiger partial charge in [0, 0.05) is 26.2 Å². The Bertz CT molecular complexity index is 628. The lowest BCUT2D eigenvalue weighted by atomic mass is 10.1. The molecule has 2 aliphatic heterocycles. The van der Waals surface area contributed by atoms with Gasteiger partial charge in [0.05, 0.1) is 17.8 Å². The van der Waals surface area contributed by atoms with Gasteiger partial charge in [0.1, 0.15) is 5.60 Å². The van der Waals surface area contributed by atoms with Crippen LogP contribution in [-0.4, -0.2) is 48.7 Å². The molecule has 0 aromatic heterocycles. The van der Waals surface area contributed by atoms with Crippen molar-refractivity contribution in [3.8, 4) is 0 Å². The fraction of sp³-hybridized carbons (Fsp3) is 0.529. The lowest BCUT2D eigenvalue weighted by Gasteiger charge is -2.37. The number of anilines is 2. The second-order valence-corrected chi connectivity index (χ2v) is 6.99. The zero-order valence-corrected chi connectivity index (χ0v) is 13.9. The first-order chi connectivity index (χ1) is 10.8. The summed E-state index contributed by atoms with van der Waals surface area (Å²) in [7, 11) is 0. The number of carbonyl (C=O) groups excluding carboxylic acids is 2. The molecule has 1 saturated heterocycles. The quantitative estimate of drug-likeness (QED) is 0.863. The standard InChI is InChI=1S/C17H23N3O3/c1-17(2,3)23-16(22)20-9-7-19(8-10-20)13-6-4-5-12-11-14(21)18-15(12)13/h4-6H,7-11H2,1-3H3,(H,18,21). The first kappa shape index (κ1) is 15.6. The average Bonchev–Trinajstić information content (AvgIpc) is 2.85. The molecule has 1 N–H and O–H groups in total. The van der Waals surface area contributed by atoms with Crippen LogP contribution < -0.4 is 10.2 Å². The van der Waals surface area contributed by atoms with Gasteiger partial charge in [-0.2, -0.15) is 0 Å². The van der Waals surface area contributed by atoms with Crippen LogP contribution in [0.3, 0.4) is 0 Å². The van der Waals surface area contributed by atoms with Crippen molar-refractivity contribution in [2.75, 3.05) is 36.4 Å². The molecule has 3 rings (SSSR count). The number of nitrogens with one attached hydrogen (secondary N) is 1. The van der Waals surface area contributed by atoms with E-state index in [2.05, 4.69) is 10.2 Å². The van der Waals surface area contributed by atoms with E-state index in [4.69, 9.17) is 4.74 Å². The molecule has 124 valence electrons. The van der Waals surface area contributed by atoms with Crippen LogP contribution in [-0.2, 0) is 16.0 Å². The van der Waals surface area contributed by atoms with E-state index in [0.717, 1.165) is 30.0 Å². The Morgan fingerprint density at radius 3 is 2.52 bits per heavy atom. The maximum Gasteiger partial charge on any atom is 0.410 e. The average molecular weight is 317 g/mol. The van der Waals surface area contributed by atoms with Crippen molar-refractivity contribution in [2.24, 2.45) is 0 Å². The number of ether oxygens (including phenoxy) is 1. The normalized spacial score (nSPS) is 17.8. The number of nitrogens with zero attached hydrogens (tertiary/aromatic N) is 2. The predicted octanol–water partition coefficient (Wildman–Crippen LogP) is 2.24. The molecule has 6 nitrogen and oxygen atoms in total. The number of carbonyl (C=O) groups is 2. The molecule has 0 bridgehead atoms. The van der Waals surface area contributed by atoms with Crippen LogP contribution in [0.4, 0.5) is 16.2 Å². The molecule has 0 spiro atoms. The van der Waals surface area contributed by atoms with Gasteiger partial charge in [-0.3, -0.25) is 4.79 Å². The highest BCUT2D eigenvalue weighted by atomic mass is 16.6. The van der Waals surface area contributed by atoms with E-state index in [-0.39, 0.29) is 12.0 Å². The fourth-order valence-electron chi connectivity index (χ4n) is 2.95. The van der Waals surface area contributed by atoms with Crippen molar-refractivity contribution in [1.82, 2.24) is 4.90 Å². The molecule has 1 aromatic rings.